The third-order valence-corrected chi connectivity index (χ3v) is 3.56. The fourth-order valence-corrected chi connectivity index (χ4v) is 2.37. The van der Waals surface area contributed by atoms with E-state index >= 15 is 0 Å². The van der Waals surface area contributed by atoms with Crippen molar-refractivity contribution in [3.8, 4) is 0 Å². The minimum Gasteiger partial charge on any atom is -0.467 e. The molecule has 0 saturated heterocycles. The lowest BCUT2D eigenvalue weighted by molar-refractivity contribution is 0.512. The van der Waals surface area contributed by atoms with Gasteiger partial charge in [0, 0.05) is 26.7 Å². The zero-order valence-corrected chi connectivity index (χ0v) is 14.4. The van der Waals surface area contributed by atoms with Gasteiger partial charge >= 0.3 is 0 Å². The van der Waals surface area contributed by atoms with Crippen LogP contribution in [0.25, 0.3) is 11.0 Å². The number of hydrogen-bond donors (Lipinski definition) is 3. The highest BCUT2D eigenvalue weighted by Crippen LogP contribution is 2.16. The molecule has 0 saturated carbocycles. The third kappa shape index (κ3) is 4.25. The standard InChI is InChI=1S/C16H22N8O/c1-3-17-16(20-9-12-5-4-8-25-12)19-7-6-18-14-13-10-23-24(2)15(13)22-11-21-14/h4-5,8,10-11H,3,6-7,9H2,1-2H3,(H2,17,19,20)(H,18,21,22). The quantitative estimate of drug-likeness (QED) is 0.336. The summed E-state index contributed by atoms with van der Waals surface area (Å²) in [4.78, 5) is 13.0. The summed E-state index contributed by atoms with van der Waals surface area (Å²) in [6.45, 7) is 4.70. The summed E-state index contributed by atoms with van der Waals surface area (Å²) >= 11 is 0. The molecule has 0 unspecified atom stereocenters. The van der Waals surface area contributed by atoms with Gasteiger partial charge in [0.2, 0.25) is 0 Å². The molecule has 0 bridgehead atoms. The van der Waals surface area contributed by atoms with E-state index in [1.807, 2.05) is 26.1 Å². The molecule has 0 aliphatic carbocycles. The monoisotopic (exact) mass is 342 g/mol. The van der Waals surface area contributed by atoms with Crippen LogP contribution in [-0.4, -0.2) is 45.3 Å². The topological polar surface area (TPSA) is 105 Å². The van der Waals surface area contributed by atoms with Crippen molar-refractivity contribution in [2.75, 3.05) is 25.0 Å². The van der Waals surface area contributed by atoms with Crippen LogP contribution in [0, 0.1) is 0 Å². The van der Waals surface area contributed by atoms with E-state index in [9.17, 15) is 0 Å². The van der Waals surface area contributed by atoms with Crippen molar-refractivity contribution in [1.29, 1.82) is 0 Å². The number of nitrogens with zero attached hydrogens (tertiary/aromatic N) is 5. The second-order valence-electron chi connectivity index (χ2n) is 5.36. The Hall–Kier alpha value is -3.10. The molecule has 3 heterocycles. The number of aromatic nitrogens is 4. The molecule has 0 atom stereocenters. The smallest absolute Gasteiger partial charge is 0.191 e. The van der Waals surface area contributed by atoms with Gasteiger partial charge in [-0.25, -0.2) is 15.0 Å². The van der Waals surface area contributed by atoms with Gasteiger partial charge in [-0.15, -0.1) is 0 Å². The molecule has 3 rings (SSSR count). The maximum Gasteiger partial charge on any atom is 0.191 e. The Bertz CT molecular complexity index is 824. The molecule has 0 radical (unpaired) electrons. The van der Waals surface area contributed by atoms with Crippen LogP contribution in [-0.2, 0) is 13.6 Å². The molecule has 0 aliphatic heterocycles. The summed E-state index contributed by atoms with van der Waals surface area (Å²) in [7, 11) is 1.86. The molecule has 3 aromatic rings. The van der Waals surface area contributed by atoms with Gasteiger partial charge in [-0.05, 0) is 19.1 Å². The first kappa shape index (κ1) is 16.7. The Morgan fingerprint density at radius 2 is 2.20 bits per heavy atom. The van der Waals surface area contributed by atoms with Crippen molar-refractivity contribution in [3.63, 3.8) is 0 Å². The van der Waals surface area contributed by atoms with Crippen molar-refractivity contribution < 1.29 is 4.42 Å². The second-order valence-corrected chi connectivity index (χ2v) is 5.36. The maximum absolute atomic E-state index is 5.29. The lowest BCUT2D eigenvalue weighted by Crippen LogP contribution is -2.39. The molecular formula is C16H22N8O. The first-order valence-corrected chi connectivity index (χ1v) is 8.19. The van der Waals surface area contributed by atoms with Crippen LogP contribution in [0.15, 0.2) is 40.3 Å². The molecule has 0 aromatic carbocycles. The highest BCUT2D eigenvalue weighted by atomic mass is 16.3. The number of guanidine groups is 1. The van der Waals surface area contributed by atoms with E-state index in [2.05, 4.69) is 36.0 Å². The van der Waals surface area contributed by atoms with Crippen molar-refractivity contribution in [3.05, 3.63) is 36.7 Å². The number of hydrogen-bond acceptors (Lipinski definition) is 6. The summed E-state index contributed by atoms with van der Waals surface area (Å²) in [6.07, 6.45) is 4.95. The van der Waals surface area contributed by atoms with Crippen LogP contribution in [0.4, 0.5) is 5.82 Å². The van der Waals surface area contributed by atoms with Crippen LogP contribution >= 0.6 is 0 Å². The Morgan fingerprint density at radius 3 is 3.00 bits per heavy atom. The van der Waals surface area contributed by atoms with E-state index in [0.29, 0.717) is 19.6 Å². The number of aliphatic imine (C=N–C) groups is 1. The minimum atomic E-state index is 0.498. The number of nitrogens with one attached hydrogen (secondary N) is 3. The molecule has 0 spiro atoms. The zero-order chi connectivity index (χ0) is 17.5. The van der Waals surface area contributed by atoms with E-state index in [0.717, 1.165) is 35.1 Å². The van der Waals surface area contributed by atoms with Crippen LogP contribution in [0.2, 0.25) is 0 Å². The fraction of sp³-hybridized carbons (Fsp3) is 0.375. The fourth-order valence-electron chi connectivity index (χ4n) is 2.37. The van der Waals surface area contributed by atoms with Crippen LogP contribution in [0.1, 0.15) is 12.7 Å². The van der Waals surface area contributed by atoms with Gasteiger partial charge < -0.3 is 20.4 Å². The maximum atomic E-state index is 5.29. The largest absolute Gasteiger partial charge is 0.467 e. The summed E-state index contributed by atoms with van der Waals surface area (Å²) in [5.74, 6) is 2.35. The average Bonchev–Trinajstić information content (AvgIpc) is 3.27. The lowest BCUT2D eigenvalue weighted by Gasteiger charge is -2.12. The SMILES string of the molecule is CCNC(=NCc1ccco1)NCCNc1ncnc2c1cnn2C. The predicted octanol–water partition coefficient (Wildman–Crippen LogP) is 1.12. The van der Waals surface area contributed by atoms with Crippen molar-refractivity contribution in [2.24, 2.45) is 12.0 Å². The molecule has 9 heteroatoms. The number of fused-ring (bicyclic) bond motifs is 1. The van der Waals surface area contributed by atoms with Gasteiger partial charge in [0.15, 0.2) is 11.6 Å². The van der Waals surface area contributed by atoms with E-state index in [1.54, 1.807) is 17.1 Å². The Labute approximate surface area is 145 Å². The van der Waals surface area contributed by atoms with Crippen LogP contribution in [0.5, 0.6) is 0 Å². The van der Waals surface area contributed by atoms with Crippen LogP contribution in [0.3, 0.4) is 0 Å². The highest BCUT2D eigenvalue weighted by molar-refractivity contribution is 5.86. The summed E-state index contributed by atoms with van der Waals surface area (Å²) < 4.78 is 7.02. The number of aryl methyl sites for hydroxylation is 1. The van der Waals surface area contributed by atoms with E-state index < -0.39 is 0 Å². The molecular weight excluding hydrogens is 320 g/mol. The van der Waals surface area contributed by atoms with Crippen molar-refractivity contribution in [1.82, 2.24) is 30.4 Å². The van der Waals surface area contributed by atoms with E-state index in [4.69, 9.17) is 4.42 Å². The normalized spacial score (nSPS) is 11.7. The van der Waals surface area contributed by atoms with Crippen molar-refractivity contribution in [2.45, 2.75) is 13.5 Å². The third-order valence-electron chi connectivity index (χ3n) is 3.56. The van der Waals surface area contributed by atoms with Gasteiger partial charge in [-0.3, -0.25) is 4.68 Å². The van der Waals surface area contributed by atoms with E-state index in [-0.39, 0.29) is 0 Å². The van der Waals surface area contributed by atoms with Gasteiger partial charge in [0.1, 0.15) is 24.5 Å². The highest BCUT2D eigenvalue weighted by Gasteiger charge is 2.07. The predicted molar refractivity (Wildman–Crippen MR) is 96.3 cm³/mol. The average molecular weight is 342 g/mol. The van der Waals surface area contributed by atoms with Crippen molar-refractivity contribution >= 4 is 22.8 Å². The zero-order valence-electron chi connectivity index (χ0n) is 14.4. The minimum absolute atomic E-state index is 0.498. The molecule has 3 aromatic heterocycles. The first-order chi connectivity index (χ1) is 12.3. The first-order valence-electron chi connectivity index (χ1n) is 8.19. The molecule has 132 valence electrons. The van der Waals surface area contributed by atoms with E-state index in [1.165, 1.54) is 6.33 Å². The molecule has 9 nitrogen and oxygen atoms in total. The number of furan rings is 1. The van der Waals surface area contributed by atoms with Crippen LogP contribution < -0.4 is 16.0 Å². The second kappa shape index (κ2) is 8.13. The van der Waals surface area contributed by atoms with Gasteiger partial charge in [0.05, 0.1) is 17.8 Å². The molecule has 0 amide bonds. The molecule has 25 heavy (non-hydrogen) atoms. The van der Waals surface area contributed by atoms with Gasteiger partial charge in [0.25, 0.3) is 0 Å². The summed E-state index contributed by atoms with van der Waals surface area (Å²) in [6, 6.07) is 3.76. The van der Waals surface area contributed by atoms with Gasteiger partial charge in [-0.2, -0.15) is 5.10 Å². The lowest BCUT2D eigenvalue weighted by atomic mass is 10.4. The summed E-state index contributed by atoms with van der Waals surface area (Å²) in [5, 5.41) is 14.9. The Morgan fingerprint density at radius 1 is 1.28 bits per heavy atom. The Balaban J connectivity index is 1.52. The molecule has 0 aliphatic rings. The Kier molecular flexibility index (Phi) is 5.45. The molecule has 0 fully saturated rings. The van der Waals surface area contributed by atoms with Gasteiger partial charge in [-0.1, -0.05) is 0 Å². The molecule has 3 N–H and O–H groups in total. The summed E-state index contributed by atoms with van der Waals surface area (Å²) in [5.41, 5.74) is 0.804. The number of rotatable bonds is 7. The number of anilines is 1.